The van der Waals surface area contributed by atoms with Crippen LogP contribution < -0.4 is 0 Å². The van der Waals surface area contributed by atoms with Crippen molar-refractivity contribution in [1.82, 2.24) is 14.5 Å². The number of para-hydroxylation sites is 2. The maximum Gasteiger partial charge on any atom is 0.141 e. The van der Waals surface area contributed by atoms with E-state index in [2.05, 4.69) is 46.7 Å². The molecule has 4 nitrogen and oxygen atoms in total. The smallest absolute Gasteiger partial charge is 0.141 e. The van der Waals surface area contributed by atoms with E-state index in [4.69, 9.17) is 4.98 Å². The first-order valence-corrected chi connectivity index (χ1v) is 9.18. The van der Waals surface area contributed by atoms with Crippen LogP contribution in [0.1, 0.15) is 31.4 Å². The van der Waals surface area contributed by atoms with Gasteiger partial charge in [0.25, 0.3) is 0 Å². The van der Waals surface area contributed by atoms with Crippen LogP contribution in [0.3, 0.4) is 0 Å². The number of likely N-dealkylation sites (tertiary alicyclic amines) is 1. The highest BCUT2D eigenvalue weighted by Gasteiger charge is 2.20. The molecule has 1 saturated heterocycles. The van der Waals surface area contributed by atoms with E-state index < -0.39 is 0 Å². The van der Waals surface area contributed by atoms with Crippen molar-refractivity contribution < 1.29 is 5.11 Å². The van der Waals surface area contributed by atoms with Gasteiger partial charge in [0.15, 0.2) is 0 Å². The van der Waals surface area contributed by atoms with Crippen LogP contribution in [0.2, 0.25) is 0 Å². The van der Waals surface area contributed by atoms with E-state index in [9.17, 15) is 5.11 Å². The minimum absolute atomic E-state index is 0.108. The summed E-state index contributed by atoms with van der Waals surface area (Å²) in [6.45, 7) is 5.34. The zero-order valence-electron chi connectivity index (χ0n) is 14.7. The quantitative estimate of drug-likeness (QED) is 0.770. The lowest BCUT2D eigenvalue weighted by Gasteiger charge is -2.24. The van der Waals surface area contributed by atoms with Crippen molar-refractivity contribution in [2.24, 2.45) is 0 Å². The van der Waals surface area contributed by atoms with Crippen LogP contribution in [-0.2, 0) is 6.54 Å². The molecule has 2 heterocycles. The van der Waals surface area contributed by atoms with E-state index in [0.717, 1.165) is 22.4 Å². The third-order valence-electron chi connectivity index (χ3n) is 5.29. The van der Waals surface area contributed by atoms with Crippen LogP contribution in [0.4, 0.5) is 0 Å². The molecule has 0 bridgehead atoms. The van der Waals surface area contributed by atoms with Crippen molar-refractivity contribution in [2.75, 3.05) is 19.7 Å². The van der Waals surface area contributed by atoms with Crippen molar-refractivity contribution in [1.29, 1.82) is 0 Å². The molecular weight excluding hydrogens is 310 g/mol. The summed E-state index contributed by atoms with van der Waals surface area (Å²) in [5.41, 5.74) is 4.50. The Balaban J connectivity index is 1.75. The minimum Gasteiger partial charge on any atom is -0.395 e. The van der Waals surface area contributed by atoms with E-state index in [-0.39, 0.29) is 6.61 Å². The van der Waals surface area contributed by atoms with Crippen LogP contribution in [0, 0.1) is 0 Å². The highest BCUT2D eigenvalue weighted by molar-refractivity contribution is 5.80. The first-order valence-electron chi connectivity index (χ1n) is 9.18. The summed E-state index contributed by atoms with van der Waals surface area (Å²) in [5, 5.41) is 9.50. The fourth-order valence-electron chi connectivity index (χ4n) is 3.90. The van der Waals surface area contributed by atoms with Gasteiger partial charge in [-0.1, -0.05) is 30.3 Å². The van der Waals surface area contributed by atoms with Crippen LogP contribution >= 0.6 is 0 Å². The molecule has 0 spiro atoms. The summed E-state index contributed by atoms with van der Waals surface area (Å²) in [7, 11) is 0. The predicted octanol–water partition coefficient (Wildman–Crippen LogP) is 3.85. The molecule has 0 radical (unpaired) electrons. The Labute approximate surface area is 148 Å². The molecule has 0 saturated carbocycles. The lowest BCUT2D eigenvalue weighted by molar-refractivity contribution is 0.263. The van der Waals surface area contributed by atoms with E-state index >= 15 is 0 Å². The molecule has 2 aromatic carbocycles. The predicted molar refractivity (Wildman–Crippen MR) is 101 cm³/mol. The van der Waals surface area contributed by atoms with Gasteiger partial charge in [0.1, 0.15) is 5.82 Å². The Bertz CT molecular complexity index is 864. The Morgan fingerprint density at radius 2 is 1.88 bits per heavy atom. The number of imidazole rings is 1. The van der Waals surface area contributed by atoms with E-state index in [1.165, 1.54) is 31.5 Å². The molecule has 1 aliphatic heterocycles. The summed E-state index contributed by atoms with van der Waals surface area (Å²) in [6, 6.07) is 17.3. The van der Waals surface area contributed by atoms with Gasteiger partial charge in [-0.15, -0.1) is 0 Å². The Morgan fingerprint density at radius 3 is 2.68 bits per heavy atom. The van der Waals surface area contributed by atoms with Crippen molar-refractivity contribution in [2.45, 2.75) is 32.4 Å². The Kier molecular flexibility index (Phi) is 4.55. The second-order valence-corrected chi connectivity index (χ2v) is 6.84. The van der Waals surface area contributed by atoms with Crippen molar-refractivity contribution in [3.63, 3.8) is 0 Å². The van der Waals surface area contributed by atoms with Gasteiger partial charge in [-0.3, -0.25) is 4.90 Å². The number of aliphatic hydroxyl groups is 1. The number of rotatable bonds is 5. The van der Waals surface area contributed by atoms with Crippen molar-refractivity contribution in [3.05, 3.63) is 54.1 Å². The summed E-state index contributed by atoms with van der Waals surface area (Å²) in [6.07, 6.45) is 2.60. The molecule has 4 heteroatoms. The number of hydrogen-bond acceptors (Lipinski definition) is 3. The first-order chi connectivity index (χ1) is 12.3. The van der Waals surface area contributed by atoms with Gasteiger partial charge >= 0.3 is 0 Å². The standard InChI is InChI=1S/C21H25N3O/c1-16(23-11-4-5-12-23)17-7-6-8-18(15-17)21-22-19-9-2-3-10-20(19)24(21)13-14-25/h2-3,6-10,15-16,25H,4-5,11-14H2,1H3/t16-/m0/s1. The molecule has 1 aromatic heterocycles. The van der Waals surface area contributed by atoms with Crippen LogP contribution in [0.15, 0.2) is 48.5 Å². The molecule has 4 rings (SSSR count). The third-order valence-corrected chi connectivity index (χ3v) is 5.29. The Morgan fingerprint density at radius 1 is 1.08 bits per heavy atom. The molecule has 1 atom stereocenters. The number of nitrogens with zero attached hydrogens (tertiary/aromatic N) is 3. The van der Waals surface area contributed by atoms with E-state index in [1.54, 1.807) is 0 Å². The van der Waals surface area contributed by atoms with Crippen LogP contribution in [0.25, 0.3) is 22.4 Å². The number of aliphatic hydroxyl groups excluding tert-OH is 1. The largest absolute Gasteiger partial charge is 0.395 e. The van der Waals surface area contributed by atoms with Gasteiger partial charge in [0, 0.05) is 18.2 Å². The SMILES string of the molecule is C[C@@H](c1cccc(-c2nc3ccccc3n2CCO)c1)N1CCCC1. The highest BCUT2D eigenvalue weighted by atomic mass is 16.3. The van der Waals surface area contributed by atoms with Crippen molar-refractivity contribution in [3.8, 4) is 11.4 Å². The molecule has 1 N–H and O–H groups in total. The third kappa shape index (κ3) is 3.08. The monoisotopic (exact) mass is 335 g/mol. The average Bonchev–Trinajstić information content (AvgIpc) is 3.30. The zero-order valence-corrected chi connectivity index (χ0v) is 14.7. The second-order valence-electron chi connectivity index (χ2n) is 6.84. The molecule has 1 fully saturated rings. The highest BCUT2D eigenvalue weighted by Crippen LogP contribution is 2.29. The van der Waals surface area contributed by atoms with Crippen LogP contribution in [-0.4, -0.2) is 39.3 Å². The van der Waals surface area contributed by atoms with E-state index in [1.807, 2.05) is 18.2 Å². The summed E-state index contributed by atoms with van der Waals surface area (Å²) in [4.78, 5) is 7.39. The lowest BCUT2D eigenvalue weighted by Crippen LogP contribution is -2.23. The summed E-state index contributed by atoms with van der Waals surface area (Å²) >= 11 is 0. The van der Waals surface area contributed by atoms with Crippen LogP contribution in [0.5, 0.6) is 0 Å². The molecule has 3 aromatic rings. The molecule has 0 amide bonds. The van der Waals surface area contributed by atoms with Gasteiger partial charge in [-0.05, 0) is 56.6 Å². The number of fused-ring (bicyclic) bond motifs is 1. The summed E-state index contributed by atoms with van der Waals surface area (Å²) < 4.78 is 2.12. The normalized spacial score (nSPS) is 16.6. The first kappa shape index (κ1) is 16.3. The number of benzene rings is 2. The molecule has 130 valence electrons. The zero-order chi connectivity index (χ0) is 17.2. The Hall–Kier alpha value is -2.17. The molecule has 0 unspecified atom stereocenters. The number of hydrogen-bond donors (Lipinski definition) is 1. The second kappa shape index (κ2) is 6.98. The number of aromatic nitrogens is 2. The maximum atomic E-state index is 9.50. The molecule has 25 heavy (non-hydrogen) atoms. The molecule has 0 aliphatic carbocycles. The van der Waals surface area contributed by atoms with Gasteiger partial charge in [0.05, 0.1) is 17.6 Å². The topological polar surface area (TPSA) is 41.3 Å². The van der Waals surface area contributed by atoms with Gasteiger partial charge in [-0.25, -0.2) is 4.98 Å². The average molecular weight is 335 g/mol. The molecular formula is C21H25N3O. The van der Waals surface area contributed by atoms with Gasteiger partial charge in [-0.2, -0.15) is 0 Å². The van der Waals surface area contributed by atoms with Gasteiger partial charge in [0.2, 0.25) is 0 Å². The summed E-state index contributed by atoms with van der Waals surface area (Å²) in [5.74, 6) is 0.936. The molecule has 1 aliphatic rings. The van der Waals surface area contributed by atoms with E-state index in [0.29, 0.717) is 12.6 Å². The minimum atomic E-state index is 0.108. The maximum absolute atomic E-state index is 9.50. The lowest BCUT2D eigenvalue weighted by atomic mass is 10.0. The fraction of sp³-hybridized carbons (Fsp3) is 0.381. The van der Waals surface area contributed by atoms with Gasteiger partial charge < -0.3 is 9.67 Å². The fourth-order valence-corrected chi connectivity index (χ4v) is 3.90. The van der Waals surface area contributed by atoms with Crippen molar-refractivity contribution >= 4 is 11.0 Å².